The topological polar surface area (TPSA) is 106 Å². The van der Waals surface area contributed by atoms with E-state index in [0.717, 1.165) is 0 Å². The monoisotopic (exact) mass is 380 g/mol. The molecule has 0 atom stereocenters. The predicted molar refractivity (Wildman–Crippen MR) is 101 cm³/mol. The van der Waals surface area contributed by atoms with Crippen molar-refractivity contribution in [1.82, 2.24) is 20.2 Å². The normalized spacial score (nSPS) is 10.2. The van der Waals surface area contributed by atoms with E-state index in [9.17, 15) is 4.79 Å². The van der Waals surface area contributed by atoms with Crippen molar-refractivity contribution < 1.29 is 9.53 Å². The Morgan fingerprint density at radius 2 is 2.04 bits per heavy atom. The van der Waals surface area contributed by atoms with E-state index in [0.29, 0.717) is 34.5 Å². The van der Waals surface area contributed by atoms with Crippen molar-refractivity contribution in [3.8, 4) is 17.5 Å². The minimum Gasteiger partial charge on any atom is -0.492 e. The van der Waals surface area contributed by atoms with E-state index >= 15 is 0 Å². The highest BCUT2D eigenvalue weighted by molar-refractivity contribution is 7.99. The third kappa shape index (κ3) is 4.43. The second-order valence-corrected chi connectivity index (χ2v) is 6.21. The minimum absolute atomic E-state index is 0.0942. The number of anilines is 1. The Kier molecular flexibility index (Phi) is 6.02. The molecule has 1 aromatic heterocycles. The summed E-state index contributed by atoms with van der Waals surface area (Å²) in [6.07, 6.45) is 0. The lowest BCUT2D eigenvalue weighted by Gasteiger charge is -2.10. The van der Waals surface area contributed by atoms with Gasteiger partial charge in [-0.2, -0.15) is 9.94 Å². The molecule has 2 aromatic carbocycles. The zero-order chi connectivity index (χ0) is 19.1. The molecule has 1 amide bonds. The van der Waals surface area contributed by atoms with E-state index < -0.39 is 0 Å². The summed E-state index contributed by atoms with van der Waals surface area (Å²) in [7, 11) is 0. The predicted octanol–water partition coefficient (Wildman–Crippen LogP) is 2.66. The molecular formula is C18H16N6O2S. The van der Waals surface area contributed by atoms with Crippen molar-refractivity contribution in [2.24, 2.45) is 0 Å². The van der Waals surface area contributed by atoms with Crippen molar-refractivity contribution in [1.29, 1.82) is 5.26 Å². The van der Waals surface area contributed by atoms with Crippen LogP contribution in [0.2, 0.25) is 0 Å². The fourth-order valence-electron chi connectivity index (χ4n) is 2.34. The molecule has 8 nitrogen and oxygen atoms in total. The molecule has 0 aliphatic rings. The molecule has 3 rings (SSSR count). The molecule has 0 bridgehead atoms. The van der Waals surface area contributed by atoms with Crippen LogP contribution >= 0.6 is 11.8 Å². The standard InChI is InChI=1S/C18H16N6O2S/c1-2-26-16-10-6-5-9-15(16)24-18(21-22-23-24)27-12-17(25)20-14-8-4-3-7-13(14)11-19/h3-10H,2,12H2,1H3,(H,20,25). The molecule has 0 aliphatic carbocycles. The molecule has 0 spiro atoms. The SMILES string of the molecule is CCOc1ccccc1-n1nnnc1SCC(=O)Nc1ccccc1C#N. The number of ether oxygens (including phenoxy) is 1. The average Bonchev–Trinajstić information content (AvgIpc) is 3.16. The first-order valence-corrected chi connectivity index (χ1v) is 9.14. The van der Waals surface area contributed by atoms with Gasteiger partial charge in [0, 0.05) is 0 Å². The van der Waals surface area contributed by atoms with E-state index in [1.54, 1.807) is 24.3 Å². The number of amides is 1. The second kappa shape index (κ2) is 8.82. The summed E-state index contributed by atoms with van der Waals surface area (Å²) in [6.45, 7) is 2.41. The molecule has 27 heavy (non-hydrogen) atoms. The molecular weight excluding hydrogens is 364 g/mol. The van der Waals surface area contributed by atoms with Crippen LogP contribution in [0.15, 0.2) is 53.7 Å². The Hall–Kier alpha value is -3.38. The van der Waals surface area contributed by atoms with Gasteiger partial charge in [-0.15, -0.1) is 5.10 Å². The lowest BCUT2D eigenvalue weighted by molar-refractivity contribution is -0.113. The van der Waals surface area contributed by atoms with Crippen molar-refractivity contribution in [3.63, 3.8) is 0 Å². The van der Waals surface area contributed by atoms with Crippen molar-refractivity contribution in [3.05, 3.63) is 54.1 Å². The van der Waals surface area contributed by atoms with Crippen LogP contribution < -0.4 is 10.1 Å². The Balaban J connectivity index is 1.71. The minimum atomic E-state index is -0.254. The maximum atomic E-state index is 12.2. The number of nitrogens with one attached hydrogen (secondary N) is 1. The van der Waals surface area contributed by atoms with Gasteiger partial charge in [0.15, 0.2) is 0 Å². The largest absolute Gasteiger partial charge is 0.492 e. The highest BCUT2D eigenvalue weighted by Crippen LogP contribution is 2.26. The molecule has 0 unspecified atom stereocenters. The Morgan fingerprint density at radius 3 is 2.85 bits per heavy atom. The third-order valence-corrected chi connectivity index (χ3v) is 4.41. The van der Waals surface area contributed by atoms with Gasteiger partial charge in [0.2, 0.25) is 11.1 Å². The van der Waals surface area contributed by atoms with Gasteiger partial charge in [-0.1, -0.05) is 36.0 Å². The quantitative estimate of drug-likeness (QED) is 0.628. The van der Waals surface area contributed by atoms with E-state index in [1.807, 2.05) is 37.3 Å². The fourth-order valence-corrected chi connectivity index (χ4v) is 3.02. The molecule has 0 saturated heterocycles. The van der Waals surface area contributed by atoms with E-state index in [1.165, 1.54) is 16.4 Å². The molecule has 136 valence electrons. The Morgan fingerprint density at radius 1 is 1.26 bits per heavy atom. The van der Waals surface area contributed by atoms with Gasteiger partial charge in [0.25, 0.3) is 0 Å². The van der Waals surface area contributed by atoms with Crippen molar-refractivity contribution in [2.75, 3.05) is 17.7 Å². The number of tetrazole rings is 1. The molecule has 0 aliphatic heterocycles. The average molecular weight is 380 g/mol. The zero-order valence-electron chi connectivity index (χ0n) is 14.5. The van der Waals surface area contributed by atoms with Crippen LogP contribution in [0.3, 0.4) is 0 Å². The van der Waals surface area contributed by atoms with Gasteiger partial charge < -0.3 is 10.1 Å². The maximum Gasteiger partial charge on any atom is 0.234 e. The first-order chi connectivity index (χ1) is 13.2. The molecule has 1 heterocycles. The van der Waals surface area contributed by atoms with Gasteiger partial charge >= 0.3 is 0 Å². The summed E-state index contributed by atoms with van der Waals surface area (Å²) >= 11 is 1.19. The van der Waals surface area contributed by atoms with Crippen LogP contribution in [-0.2, 0) is 4.79 Å². The highest BCUT2D eigenvalue weighted by atomic mass is 32.2. The number of nitrogens with zero attached hydrogens (tertiary/aromatic N) is 5. The van der Waals surface area contributed by atoms with Crippen LogP contribution in [-0.4, -0.2) is 38.5 Å². The molecule has 1 N–H and O–H groups in total. The first-order valence-electron chi connectivity index (χ1n) is 8.15. The van der Waals surface area contributed by atoms with E-state index in [4.69, 9.17) is 10.00 Å². The maximum absolute atomic E-state index is 12.2. The van der Waals surface area contributed by atoms with Gasteiger partial charge in [-0.25, -0.2) is 0 Å². The number of aromatic nitrogens is 4. The number of benzene rings is 2. The summed E-state index contributed by atoms with van der Waals surface area (Å²) in [5.74, 6) is 0.494. The van der Waals surface area contributed by atoms with Crippen LogP contribution in [0.25, 0.3) is 5.69 Å². The fraction of sp³-hybridized carbons (Fsp3) is 0.167. The molecule has 0 radical (unpaired) electrons. The van der Waals surface area contributed by atoms with Crippen LogP contribution in [0.4, 0.5) is 5.69 Å². The third-order valence-electron chi connectivity index (χ3n) is 3.49. The molecule has 3 aromatic rings. The summed E-state index contributed by atoms with van der Waals surface area (Å²) < 4.78 is 7.14. The number of hydrogen-bond acceptors (Lipinski definition) is 7. The van der Waals surface area contributed by atoms with E-state index in [2.05, 4.69) is 20.8 Å². The molecule has 0 saturated carbocycles. The first kappa shape index (κ1) is 18.4. The van der Waals surface area contributed by atoms with Crippen molar-refractivity contribution >= 4 is 23.4 Å². The van der Waals surface area contributed by atoms with Gasteiger partial charge in [0.05, 0.1) is 23.6 Å². The van der Waals surface area contributed by atoms with Crippen molar-refractivity contribution in [2.45, 2.75) is 12.1 Å². The van der Waals surface area contributed by atoms with Crippen LogP contribution in [0.5, 0.6) is 5.75 Å². The molecule has 0 fully saturated rings. The van der Waals surface area contributed by atoms with E-state index in [-0.39, 0.29) is 11.7 Å². The molecule has 9 heteroatoms. The summed E-state index contributed by atoms with van der Waals surface area (Å²) in [4.78, 5) is 12.2. The number of para-hydroxylation sites is 3. The number of hydrogen-bond donors (Lipinski definition) is 1. The lowest BCUT2D eigenvalue weighted by Crippen LogP contribution is -2.15. The van der Waals surface area contributed by atoms with Crippen LogP contribution in [0, 0.1) is 11.3 Å². The summed E-state index contributed by atoms with van der Waals surface area (Å²) in [5, 5.41) is 24.0. The number of carbonyl (C=O) groups excluding carboxylic acids is 1. The summed E-state index contributed by atoms with van der Waals surface area (Å²) in [5.41, 5.74) is 1.58. The van der Waals surface area contributed by atoms with Crippen LogP contribution in [0.1, 0.15) is 12.5 Å². The smallest absolute Gasteiger partial charge is 0.234 e. The number of rotatable bonds is 7. The number of nitriles is 1. The lowest BCUT2D eigenvalue weighted by atomic mass is 10.2. The summed E-state index contributed by atoms with van der Waals surface area (Å²) in [6, 6.07) is 16.3. The number of carbonyl (C=O) groups is 1. The Labute approximate surface area is 160 Å². The van der Waals surface area contributed by atoms with Gasteiger partial charge in [-0.3, -0.25) is 4.79 Å². The Bertz CT molecular complexity index is 982. The number of thioether (sulfide) groups is 1. The second-order valence-electron chi connectivity index (χ2n) is 5.27. The zero-order valence-corrected chi connectivity index (χ0v) is 15.3. The van der Waals surface area contributed by atoms with Gasteiger partial charge in [-0.05, 0) is 41.6 Å². The highest BCUT2D eigenvalue weighted by Gasteiger charge is 2.15. The van der Waals surface area contributed by atoms with Gasteiger partial charge in [0.1, 0.15) is 17.5 Å².